The summed E-state index contributed by atoms with van der Waals surface area (Å²) in [4.78, 5) is 2.52. The molecule has 4 aromatic rings. The fraction of sp³-hybridized carbons (Fsp3) is 0.375. The average Bonchev–Trinajstić information content (AvgIpc) is 2.97. The number of hydrogen-bond donors (Lipinski definition) is 1. The van der Waals surface area contributed by atoms with Crippen molar-refractivity contribution in [1.82, 2.24) is 4.90 Å². The standard InChI is InChI=1S/C32H35NO7S/c1-18-6-7-32(41(34,35)36)21(10-18)19-8-9-33-17-27-22(12-20(33)11-19)23-13-28(37-2)29(38-3)14-24(23)25-15-30(39-4)31(40-5)16-26(25)27/h6-7,10,13-16,19-20H,8-9,11-12,17H2,1-5H3,(H,34,35,36). The maximum Gasteiger partial charge on any atom is 0.294 e. The highest BCUT2D eigenvalue weighted by atomic mass is 32.2. The van der Waals surface area contributed by atoms with Gasteiger partial charge in [0.05, 0.1) is 33.3 Å². The number of fused-ring (bicyclic) bond motifs is 7. The molecule has 216 valence electrons. The van der Waals surface area contributed by atoms with E-state index < -0.39 is 10.1 Å². The third-order valence-electron chi connectivity index (χ3n) is 8.87. The van der Waals surface area contributed by atoms with Crippen LogP contribution >= 0.6 is 0 Å². The van der Waals surface area contributed by atoms with Crippen LogP contribution in [0.25, 0.3) is 21.5 Å². The number of methoxy groups -OCH3 is 4. The average molecular weight is 578 g/mol. The Bertz CT molecular complexity index is 1780. The van der Waals surface area contributed by atoms with Crippen molar-refractivity contribution >= 4 is 31.7 Å². The van der Waals surface area contributed by atoms with Gasteiger partial charge in [0.25, 0.3) is 10.1 Å². The summed E-state index contributed by atoms with van der Waals surface area (Å²) in [7, 11) is 2.26. The second-order valence-electron chi connectivity index (χ2n) is 11.0. The minimum atomic E-state index is -4.32. The van der Waals surface area contributed by atoms with E-state index in [-0.39, 0.29) is 16.9 Å². The highest BCUT2D eigenvalue weighted by molar-refractivity contribution is 7.85. The molecule has 1 N–H and O–H groups in total. The SMILES string of the molecule is COc1cc2c3c(c4cc(OC)c(OC)cc4c2cc1OC)CN1CCC(c2cc(C)ccc2S(=O)(=O)O)CC1C3. The summed E-state index contributed by atoms with van der Waals surface area (Å²) in [5.74, 6) is 2.70. The number of aryl methyl sites for hydroxylation is 1. The second kappa shape index (κ2) is 10.4. The lowest BCUT2D eigenvalue weighted by atomic mass is 9.78. The Morgan fingerprint density at radius 3 is 1.85 bits per heavy atom. The molecule has 0 amide bonds. The lowest BCUT2D eigenvalue weighted by Gasteiger charge is -2.44. The van der Waals surface area contributed by atoms with Crippen molar-refractivity contribution < 1.29 is 31.9 Å². The van der Waals surface area contributed by atoms with E-state index in [0.717, 1.165) is 59.5 Å². The smallest absolute Gasteiger partial charge is 0.294 e. The number of nitrogens with zero attached hydrogens (tertiary/aromatic N) is 1. The molecular formula is C32H35NO7S. The van der Waals surface area contributed by atoms with Crippen molar-refractivity contribution in [3.63, 3.8) is 0 Å². The Labute approximate surface area is 240 Å². The number of hydrogen-bond acceptors (Lipinski definition) is 7. The molecule has 1 fully saturated rings. The number of rotatable bonds is 6. The van der Waals surface area contributed by atoms with Crippen molar-refractivity contribution in [2.45, 2.75) is 49.6 Å². The fourth-order valence-electron chi connectivity index (χ4n) is 6.91. The molecule has 1 saturated heterocycles. The highest BCUT2D eigenvalue weighted by Crippen LogP contribution is 2.47. The first-order chi connectivity index (χ1) is 19.7. The molecule has 0 saturated carbocycles. The third kappa shape index (κ3) is 4.66. The Kier molecular flexibility index (Phi) is 7.00. The number of benzene rings is 4. The fourth-order valence-corrected chi connectivity index (χ4v) is 7.67. The molecule has 0 spiro atoms. The van der Waals surface area contributed by atoms with E-state index in [9.17, 15) is 13.0 Å². The maximum absolute atomic E-state index is 12.2. The summed E-state index contributed by atoms with van der Waals surface area (Å²) in [5, 5.41) is 4.33. The first kappa shape index (κ1) is 27.6. The summed E-state index contributed by atoms with van der Waals surface area (Å²) < 4.78 is 57.2. The largest absolute Gasteiger partial charge is 0.493 e. The van der Waals surface area contributed by atoms with Crippen molar-refractivity contribution in [3.8, 4) is 23.0 Å². The minimum Gasteiger partial charge on any atom is -0.493 e. The van der Waals surface area contributed by atoms with Crippen LogP contribution in [0.3, 0.4) is 0 Å². The van der Waals surface area contributed by atoms with Gasteiger partial charge >= 0.3 is 0 Å². The van der Waals surface area contributed by atoms with Crippen LogP contribution in [0.2, 0.25) is 0 Å². The number of piperidine rings is 1. The Morgan fingerprint density at radius 2 is 1.32 bits per heavy atom. The quantitative estimate of drug-likeness (QED) is 0.224. The lowest BCUT2D eigenvalue weighted by Crippen LogP contribution is -2.45. The summed E-state index contributed by atoms with van der Waals surface area (Å²) in [6, 6.07) is 13.6. The molecule has 4 aromatic carbocycles. The summed E-state index contributed by atoms with van der Waals surface area (Å²) >= 11 is 0. The van der Waals surface area contributed by atoms with E-state index in [4.69, 9.17) is 18.9 Å². The molecule has 41 heavy (non-hydrogen) atoms. The Morgan fingerprint density at radius 1 is 0.780 bits per heavy atom. The van der Waals surface area contributed by atoms with E-state index in [2.05, 4.69) is 17.0 Å². The Hall–Kier alpha value is -3.53. The molecule has 9 heteroatoms. The maximum atomic E-state index is 12.2. The molecule has 0 aliphatic carbocycles. The van der Waals surface area contributed by atoms with E-state index in [1.165, 1.54) is 17.2 Å². The number of ether oxygens (including phenoxy) is 4. The first-order valence-electron chi connectivity index (χ1n) is 13.7. The first-order valence-corrected chi connectivity index (χ1v) is 15.2. The van der Waals surface area contributed by atoms with Gasteiger partial charge in [-0.2, -0.15) is 8.42 Å². The van der Waals surface area contributed by atoms with Gasteiger partial charge in [0.2, 0.25) is 0 Å². The van der Waals surface area contributed by atoms with Gasteiger partial charge in [-0.1, -0.05) is 17.7 Å². The van der Waals surface area contributed by atoms with Gasteiger partial charge < -0.3 is 18.9 Å². The molecule has 2 atom stereocenters. The molecular weight excluding hydrogens is 542 g/mol. The van der Waals surface area contributed by atoms with Gasteiger partial charge in [-0.25, -0.2) is 0 Å². The van der Waals surface area contributed by atoms with Crippen molar-refractivity contribution in [1.29, 1.82) is 0 Å². The van der Waals surface area contributed by atoms with Gasteiger partial charge in [0, 0.05) is 12.6 Å². The van der Waals surface area contributed by atoms with Crippen molar-refractivity contribution in [2.24, 2.45) is 0 Å². The van der Waals surface area contributed by atoms with Gasteiger partial charge in [-0.15, -0.1) is 0 Å². The zero-order valence-corrected chi connectivity index (χ0v) is 24.8. The van der Waals surface area contributed by atoms with Gasteiger partial charge in [-0.05, 0) is 107 Å². The van der Waals surface area contributed by atoms with Crippen LogP contribution in [-0.2, 0) is 23.1 Å². The highest BCUT2D eigenvalue weighted by Gasteiger charge is 2.36. The molecule has 8 nitrogen and oxygen atoms in total. The molecule has 0 aromatic heterocycles. The van der Waals surface area contributed by atoms with Crippen LogP contribution in [-0.4, -0.2) is 58.9 Å². The normalized spacial score (nSPS) is 19.1. The van der Waals surface area contributed by atoms with Crippen LogP contribution in [0.5, 0.6) is 23.0 Å². The topological polar surface area (TPSA) is 94.5 Å². The second-order valence-corrected chi connectivity index (χ2v) is 12.4. The summed E-state index contributed by atoms with van der Waals surface area (Å²) in [5.41, 5.74) is 4.20. The monoisotopic (exact) mass is 577 g/mol. The zero-order valence-electron chi connectivity index (χ0n) is 24.0. The Balaban J connectivity index is 1.51. The predicted molar refractivity (Wildman–Crippen MR) is 159 cm³/mol. The van der Waals surface area contributed by atoms with E-state index in [1.807, 2.05) is 25.1 Å². The minimum absolute atomic E-state index is 0.0204. The predicted octanol–water partition coefficient (Wildman–Crippen LogP) is 5.89. The molecule has 0 radical (unpaired) electrons. The molecule has 0 bridgehead atoms. The summed E-state index contributed by atoms with van der Waals surface area (Å²) in [6.45, 7) is 3.54. The molecule has 2 heterocycles. The lowest BCUT2D eigenvalue weighted by molar-refractivity contribution is 0.115. The van der Waals surface area contributed by atoms with Crippen LogP contribution in [0.15, 0.2) is 47.4 Å². The summed E-state index contributed by atoms with van der Waals surface area (Å²) in [6.07, 6.45) is 2.41. The third-order valence-corrected chi connectivity index (χ3v) is 9.80. The van der Waals surface area contributed by atoms with Gasteiger partial charge in [-0.3, -0.25) is 9.45 Å². The van der Waals surface area contributed by atoms with Crippen LogP contribution in [0.4, 0.5) is 0 Å². The van der Waals surface area contributed by atoms with Crippen LogP contribution < -0.4 is 18.9 Å². The zero-order chi connectivity index (χ0) is 29.1. The van der Waals surface area contributed by atoms with Crippen molar-refractivity contribution in [3.05, 3.63) is 64.7 Å². The van der Waals surface area contributed by atoms with Crippen molar-refractivity contribution in [2.75, 3.05) is 35.0 Å². The van der Waals surface area contributed by atoms with Crippen LogP contribution in [0, 0.1) is 6.92 Å². The van der Waals surface area contributed by atoms with Gasteiger partial charge in [0.1, 0.15) is 0 Å². The molecule has 2 aliphatic rings. The van der Waals surface area contributed by atoms with Crippen LogP contribution in [0.1, 0.15) is 41.0 Å². The molecule has 2 unspecified atom stereocenters. The van der Waals surface area contributed by atoms with E-state index >= 15 is 0 Å². The molecule has 6 rings (SSSR count). The van der Waals surface area contributed by atoms with E-state index in [1.54, 1.807) is 34.5 Å². The van der Waals surface area contributed by atoms with Gasteiger partial charge in [0.15, 0.2) is 23.0 Å². The molecule has 2 aliphatic heterocycles. The van der Waals surface area contributed by atoms with E-state index in [0.29, 0.717) is 28.6 Å².